The number of aromatic nitrogens is 1. The molecule has 0 saturated heterocycles. The number of amides is 1. The summed E-state index contributed by atoms with van der Waals surface area (Å²) in [7, 11) is 0. The lowest BCUT2D eigenvalue weighted by Crippen LogP contribution is -2.31. The van der Waals surface area contributed by atoms with Crippen molar-refractivity contribution in [3.05, 3.63) is 35.5 Å². The third-order valence-electron chi connectivity index (χ3n) is 3.20. The van der Waals surface area contributed by atoms with Gasteiger partial charge in [-0.05, 0) is 32.4 Å². The molecule has 8 heteroatoms. The first-order valence-corrected chi connectivity index (χ1v) is 7.37. The number of carbonyl (C=O) groups excluding carboxylic acids is 1. The molecule has 1 atom stereocenters. The molecule has 2 N–H and O–H groups in total. The first-order valence-electron chi connectivity index (χ1n) is 7.37. The van der Waals surface area contributed by atoms with Gasteiger partial charge in [0, 0.05) is 17.8 Å². The Balaban J connectivity index is 1.98. The second-order valence-corrected chi connectivity index (χ2v) is 5.37. The second-order valence-electron chi connectivity index (χ2n) is 5.37. The Kier molecular flexibility index (Phi) is 5.73. The number of carbonyl (C=O) groups is 1. The molecular weight excluding hydrogens is 320 g/mol. The molecule has 1 amide bonds. The van der Waals surface area contributed by atoms with Gasteiger partial charge in [0.05, 0.1) is 5.69 Å². The summed E-state index contributed by atoms with van der Waals surface area (Å²) in [5.41, 5.74) is 1.97. The zero-order chi connectivity index (χ0) is 17.7. The molecule has 0 fully saturated rings. The van der Waals surface area contributed by atoms with Crippen LogP contribution in [0.4, 0.5) is 20.4 Å². The van der Waals surface area contributed by atoms with Crippen molar-refractivity contribution < 1.29 is 22.8 Å². The lowest BCUT2D eigenvalue weighted by atomic mass is 10.2. The molecule has 0 aliphatic carbocycles. The summed E-state index contributed by atoms with van der Waals surface area (Å²) in [5, 5.41) is 9.25. The van der Waals surface area contributed by atoms with Crippen molar-refractivity contribution in [2.24, 2.45) is 0 Å². The number of nitrogens with zero attached hydrogens (tertiary/aromatic N) is 1. The van der Waals surface area contributed by atoms with E-state index in [-0.39, 0.29) is 11.8 Å². The average molecular weight is 339 g/mol. The Morgan fingerprint density at radius 2 is 2.08 bits per heavy atom. The van der Waals surface area contributed by atoms with Gasteiger partial charge >= 0.3 is 0 Å². The fraction of sp³-hybridized carbons (Fsp3) is 0.375. The van der Waals surface area contributed by atoms with Crippen molar-refractivity contribution in [1.29, 1.82) is 0 Å². The maximum atomic E-state index is 12.3. The van der Waals surface area contributed by atoms with Gasteiger partial charge in [0.15, 0.2) is 0 Å². The molecule has 130 valence electrons. The summed E-state index contributed by atoms with van der Waals surface area (Å²) >= 11 is 0. The first kappa shape index (κ1) is 17.7. The summed E-state index contributed by atoms with van der Waals surface area (Å²) in [4.78, 5) is 12.1. The van der Waals surface area contributed by atoms with Crippen LogP contribution in [0.1, 0.15) is 18.2 Å². The van der Waals surface area contributed by atoms with Crippen LogP contribution in [0, 0.1) is 13.8 Å². The molecule has 2 rings (SSSR count). The summed E-state index contributed by atoms with van der Waals surface area (Å²) < 4.78 is 34.5. The quantitative estimate of drug-likeness (QED) is 0.809. The van der Waals surface area contributed by atoms with Crippen molar-refractivity contribution >= 4 is 17.5 Å². The topological polar surface area (TPSA) is 76.4 Å². The van der Waals surface area contributed by atoms with Gasteiger partial charge in [-0.3, -0.25) is 10.1 Å². The number of hydrogen-bond acceptors (Lipinski definition) is 5. The van der Waals surface area contributed by atoms with Crippen molar-refractivity contribution in [1.82, 2.24) is 5.16 Å². The molecule has 0 bridgehead atoms. The van der Waals surface area contributed by atoms with E-state index in [1.54, 1.807) is 45.0 Å². The minimum atomic E-state index is -2.55. The number of halogens is 2. The third-order valence-corrected chi connectivity index (χ3v) is 3.20. The third kappa shape index (κ3) is 4.94. The van der Waals surface area contributed by atoms with E-state index in [2.05, 4.69) is 15.8 Å². The number of rotatable bonds is 7. The van der Waals surface area contributed by atoms with Gasteiger partial charge in [-0.15, -0.1) is 0 Å². The van der Waals surface area contributed by atoms with Crippen LogP contribution in [-0.2, 0) is 4.79 Å². The van der Waals surface area contributed by atoms with E-state index in [1.165, 1.54) is 0 Å². The Hall–Kier alpha value is -2.64. The molecule has 24 heavy (non-hydrogen) atoms. The Labute approximate surface area is 138 Å². The van der Waals surface area contributed by atoms with Gasteiger partial charge in [0.1, 0.15) is 18.4 Å². The highest BCUT2D eigenvalue weighted by Crippen LogP contribution is 2.23. The Morgan fingerprint density at radius 1 is 1.33 bits per heavy atom. The minimum absolute atomic E-state index is 0.260. The van der Waals surface area contributed by atoms with Gasteiger partial charge in [-0.25, -0.2) is 8.78 Å². The maximum Gasteiger partial charge on any atom is 0.272 e. The molecule has 2 aromatic rings. The number of alkyl halides is 2. The highest BCUT2D eigenvalue weighted by Gasteiger charge is 2.15. The maximum absolute atomic E-state index is 12.3. The lowest BCUT2D eigenvalue weighted by molar-refractivity contribution is -0.116. The molecule has 0 aliphatic rings. The molecular formula is C16H19F2N3O3. The van der Waals surface area contributed by atoms with Crippen LogP contribution in [0.25, 0.3) is 0 Å². The molecule has 6 nitrogen and oxygen atoms in total. The zero-order valence-electron chi connectivity index (χ0n) is 13.6. The number of hydrogen-bond donors (Lipinski definition) is 2. The molecule has 1 unspecified atom stereocenters. The molecule has 0 aliphatic heterocycles. The highest BCUT2D eigenvalue weighted by molar-refractivity contribution is 5.95. The fourth-order valence-electron chi connectivity index (χ4n) is 1.97. The normalized spacial score (nSPS) is 12.1. The smallest absolute Gasteiger partial charge is 0.272 e. The van der Waals surface area contributed by atoms with E-state index >= 15 is 0 Å². The van der Waals surface area contributed by atoms with E-state index in [0.29, 0.717) is 17.1 Å². The predicted octanol–water partition coefficient (Wildman–Crippen LogP) is 3.37. The molecule has 1 aromatic heterocycles. The van der Waals surface area contributed by atoms with E-state index in [0.717, 1.165) is 5.56 Å². The molecule has 1 heterocycles. The van der Waals surface area contributed by atoms with Crippen LogP contribution in [0.15, 0.2) is 28.8 Å². The number of nitrogens with one attached hydrogen (secondary N) is 2. The van der Waals surface area contributed by atoms with Crippen molar-refractivity contribution in [3.63, 3.8) is 0 Å². The predicted molar refractivity (Wildman–Crippen MR) is 85.6 cm³/mol. The van der Waals surface area contributed by atoms with E-state index < -0.39 is 19.1 Å². The van der Waals surface area contributed by atoms with Gasteiger partial charge < -0.3 is 14.6 Å². The summed E-state index contributed by atoms with van der Waals surface area (Å²) in [6.45, 7) is 4.49. The molecule has 0 spiro atoms. The van der Waals surface area contributed by atoms with Crippen LogP contribution in [0.5, 0.6) is 5.75 Å². The van der Waals surface area contributed by atoms with E-state index in [9.17, 15) is 13.6 Å². The molecule has 0 saturated carbocycles. The summed E-state index contributed by atoms with van der Waals surface area (Å²) in [6, 6.07) is 6.08. The van der Waals surface area contributed by atoms with Crippen molar-refractivity contribution in [2.75, 3.05) is 17.2 Å². The standard InChI is InChI=1S/C16H19F2N3O3/c1-9-4-5-12(7-13(9)23-8-14(17)18)19-11(3)16(22)20-15-6-10(2)21-24-15/h4-7,11,14,19H,8H2,1-3H3,(H,20,22). The van der Waals surface area contributed by atoms with E-state index in [4.69, 9.17) is 9.26 Å². The Bertz CT molecular complexity index is 704. The van der Waals surface area contributed by atoms with Crippen LogP contribution in [-0.4, -0.2) is 30.1 Å². The summed E-state index contributed by atoms with van der Waals surface area (Å²) in [5.74, 6) is 0.288. The van der Waals surface area contributed by atoms with Gasteiger partial charge in [-0.2, -0.15) is 0 Å². The second kappa shape index (κ2) is 7.76. The number of ether oxygens (including phenoxy) is 1. The molecule has 1 aromatic carbocycles. The Morgan fingerprint density at radius 3 is 2.71 bits per heavy atom. The monoisotopic (exact) mass is 339 g/mol. The van der Waals surface area contributed by atoms with Crippen molar-refractivity contribution in [2.45, 2.75) is 33.2 Å². The fourth-order valence-corrected chi connectivity index (χ4v) is 1.97. The number of aryl methyl sites for hydroxylation is 2. The first-order chi connectivity index (χ1) is 11.3. The SMILES string of the molecule is Cc1cc(NC(=O)C(C)Nc2ccc(C)c(OCC(F)F)c2)on1. The average Bonchev–Trinajstić information content (AvgIpc) is 2.92. The van der Waals surface area contributed by atoms with Crippen molar-refractivity contribution in [3.8, 4) is 5.75 Å². The zero-order valence-corrected chi connectivity index (χ0v) is 13.6. The largest absolute Gasteiger partial charge is 0.487 e. The number of anilines is 2. The lowest BCUT2D eigenvalue weighted by Gasteiger charge is -2.16. The van der Waals surface area contributed by atoms with Crippen LogP contribution < -0.4 is 15.4 Å². The van der Waals surface area contributed by atoms with Gasteiger partial charge in [0.25, 0.3) is 6.43 Å². The van der Waals surface area contributed by atoms with Crippen LogP contribution in [0.3, 0.4) is 0 Å². The van der Waals surface area contributed by atoms with E-state index in [1.807, 2.05) is 0 Å². The molecule has 0 radical (unpaired) electrons. The highest BCUT2D eigenvalue weighted by atomic mass is 19.3. The van der Waals surface area contributed by atoms with Crippen LogP contribution >= 0.6 is 0 Å². The van der Waals surface area contributed by atoms with Crippen LogP contribution in [0.2, 0.25) is 0 Å². The minimum Gasteiger partial charge on any atom is -0.487 e. The number of benzene rings is 1. The van der Waals surface area contributed by atoms with Gasteiger partial charge in [-0.1, -0.05) is 11.2 Å². The summed E-state index contributed by atoms with van der Waals surface area (Å²) in [6.07, 6.45) is -2.55. The van der Waals surface area contributed by atoms with Gasteiger partial charge in [0.2, 0.25) is 11.8 Å².